The summed E-state index contributed by atoms with van der Waals surface area (Å²) in [5.74, 6) is -1.78. The number of hydrogen-bond acceptors (Lipinski definition) is 6. The van der Waals surface area contributed by atoms with Crippen molar-refractivity contribution in [3.05, 3.63) is 65.5 Å². The van der Waals surface area contributed by atoms with Crippen LogP contribution in [-0.4, -0.2) is 55.5 Å². The Morgan fingerprint density at radius 1 is 1.12 bits per heavy atom. The number of anilines is 1. The Kier molecular flexibility index (Phi) is 6.39. The maximum absolute atomic E-state index is 13.2. The van der Waals surface area contributed by atoms with Crippen molar-refractivity contribution in [2.45, 2.75) is 19.9 Å². The highest BCUT2D eigenvalue weighted by molar-refractivity contribution is 6.08. The average molecular weight is 439 g/mol. The van der Waals surface area contributed by atoms with Crippen LogP contribution in [0, 0.1) is 18.7 Å². The summed E-state index contributed by atoms with van der Waals surface area (Å²) in [4.78, 5) is 34.6. The third-order valence-electron chi connectivity index (χ3n) is 5.79. The lowest BCUT2D eigenvalue weighted by atomic mass is 9.90. The Balaban J connectivity index is 1.56. The molecule has 0 bridgehead atoms. The molecule has 8 heteroatoms. The van der Waals surface area contributed by atoms with Gasteiger partial charge in [-0.05, 0) is 43.7 Å². The van der Waals surface area contributed by atoms with Crippen LogP contribution in [0.1, 0.15) is 24.1 Å². The Hall–Kier alpha value is -3.42. The van der Waals surface area contributed by atoms with Crippen molar-refractivity contribution in [3.63, 3.8) is 0 Å². The number of esters is 1. The highest BCUT2D eigenvalue weighted by Crippen LogP contribution is 2.31. The van der Waals surface area contributed by atoms with Crippen LogP contribution in [0.3, 0.4) is 0 Å². The van der Waals surface area contributed by atoms with E-state index in [9.17, 15) is 14.0 Å². The van der Waals surface area contributed by atoms with Crippen molar-refractivity contribution >= 4 is 23.5 Å². The molecule has 0 aromatic heterocycles. The fourth-order valence-electron chi connectivity index (χ4n) is 4.15. The second-order valence-electron chi connectivity index (χ2n) is 7.98. The molecule has 0 radical (unpaired) electrons. The van der Waals surface area contributed by atoms with Gasteiger partial charge in [-0.25, -0.2) is 9.38 Å². The van der Waals surface area contributed by atoms with Gasteiger partial charge in [0.05, 0.1) is 6.61 Å². The zero-order valence-electron chi connectivity index (χ0n) is 18.3. The van der Waals surface area contributed by atoms with Crippen molar-refractivity contribution in [2.75, 3.05) is 37.7 Å². The van der Waals surface area contributed by atoms with Gasteiger partial charge in [0.25, 0.3) is 0 Å². The molecule has 2 aliphatic rings. The van der Waals surface area contributed by atoms with Crippen LogP contribution in [0.15, 0.2) is 53.5 Å². The van der Waals surface area contributed by atoms with Gasteiger partial charge >= 0.3 is 5.97 Å². The van der Waals surface area contributed by atoms with Gasteiger partial charge in [0.2, 0.25) is 11.9 Å². The summed E-state index contributed by atoms with van der Waals surface area (Å²) in [6, 6.07) is 13.5. The molecule has 2 aliphatic heterocycles. The van der Waals surface area contributed by atoms with Gasteiger partial charge in [-0.2, -0.15) is 0 Å². The third kappa shape index (κ3) is 4.59. The fourth-order valence-corrected chi connectivity index (χ4v) is 4.15. The molecule has 7 nitrogen and oxygen atoms in total. The SMILES string of the molecule is CCOC(=O)[C@@H]1C(=O)NC(N2CCN(c3ccc(F)cc3)CC2)=N[C@@H]1c1cccc(C)c1. The fraction of sp³-hybridized carbons (Fsp3) is 0.375. The summed E-state index contributed by atoms with van der Waals surface area (Å²) in [6.45, 7) is 6.57. The second-order valence-corrected chi connectivity index (χ2v) is 7.98. The minimum Gasteiger partial charge on any atom is -0.465 e. The highest BCUT2D eigenvalue weighted by Gasteiger charge is 2.42. The van der Waals surface area contributed by atoms with E-state index in [0.29, 0.717) is 32.1 Å². The molecular weight excluding hydrogens is 411 g/mol. The predicted octanol–water partition coefficient (Wildman–Crippen LogP) is 2.66. The Morgan fingerprint density at radius 3 is 2.47 bits per heavy atom. The van der Waals surface area contributed by atoms with Crippen LogP contribution < -0.4 is 10.2 Å². The number of nitrogens with one attached hydrogen (secondary N) is 1. The maximum Gasteiger partial charge on any atom is 0.321 e. The first-order chi connectivity index (χ1) is 15.5. The van der Waals surface area contributed by atoms with E-state index in [-0.39, 0.29) is 12.4 Å². The van der Waals surface area contributed by atoms with Crippen molar-refractivity contribution in [1.29, 1.82) is 0 Å². The van der Waals surface area contributed by atoms with E-state index in [1.807, 2.05) is 36.1 Å². The first-order valence-corrected chi connectivity index (χ1v) is 10.8. The topological polar surface area (TPSA) is 74.2 Å². The van der Waals surface area contributed by atoms with Gasteiger partial charge in [-0.1, -0.05) is 29.8 Å². The summed E-state index contributed by atoms with van der Waals surface area (Å²) in [6.07, 6.45) is 0. The van der Waals surface area contributed by atoms with E-state index < -0.39 is 23.8 Å². The van der Waals surface area contributed by atoms with Crippen LogP contribution >= 0.6 is 0 Å². The zero-order chi connectivity index (χ0) is 22.7. The molecule has 1 fully saturated rings. The molecule has 2 aromatic carbocycles. The number of hydrogen-bond donors (Lipinski definition) is 1. The van der Waals surface area contributed by atoms with Gasteiger partial charge in [0, 0.05) is 31.9 Å². The molecule has 0 spiro atoms. The number of aliphatic imine (C=N–C) groups is 1. The number of halogens is 1. The molecule has 2 atom stereocenters. The van der Waals surface area contributed by atoms with Crippen molar-refractivity contribution in [3.8, 4) is 0 Å². The van der Waals surface area contributed by atoms with Gasteiger partial charge in [-0.15, -0.1) is 0 Å². The molecule has 1 N–H and O–H groups in total. The predicted molar refractivity (Wildman–Crippen MR) is 120 cm³/mol. The monoisotopic (exact) mass is 438 g/mol. The Labute approximate surface area is 186 Å². The van der Waals surface area contributed by atoms with Crippen molar-refractivity contribution in [2.24, 2.45) is 10.9 Å². The standard InChI is InChI=1S/C24H27FN4O3/c1-3-32-23(31)20-21(17-6-4-5-16(2)15-17)26-24(27-22(20)30)29-13-11-28(12-14-29)19-9-7-18(25)8-10-19/h4-10,15,20-21H,3,11-14H2,1-2H3,(H,26,27,30)/t20-,21+/m0/s1. The van der Waals surface area contributed by atoms with E-state index in [1.165, 1.54) is 12.1 Å². The van der Waals surface area contributed by atoms with Gasteiger partial charge in [-0.3, -0.25) is 14.9 Å². The minimum atomic E-state index is -1.03. The maximum atomic E-state index is 13.2. The second kappa shape index (κ2) is 9.38. The number of carbonyl (C=O) groups is 2. The van der Waals surface area contributed by atoms with Crippen LogP contribution in [0.5, 0.6) is 0 Å². The van der Waals surface area contributed by atoms with E-state index in [2.05, 4.69) is 10.2 Å². The molecule has 2 heterocycles. The molecule has 1 amide bonds. The van der Waals surface area contributed by atoms with Crippen LogP contribution in [-0.2, 0) is 14.3 Å². The number of amides is 1. The largest absolute Gasteiger partial charge is 0.465 e. The number of rotatable bonds is 4. The first kappa shape index (κ1) is 21.8. The Bertz CT molecular complexity index is 1020. The smallest absolute Gasteiger partial charge is 0.321 e. The number of guanidine groups is 1. The van der Waals surface area contributed by atoms with E-state index in [1.54, 1.807) is 19.1 Å². The minimum absolute atomic E-state index is 0.199. The number of aryl methyl sites for hydroxylation is 1. The normalized spacial score (nSPS) is 21.1. The summed E-state index contributed by atoms with van der Waals surface area (Å²) in [7, 11) is 0. The van der Waals surface area contributed by atoms with Gasteiger partial charge in [0.15, 0.2) is 5.92 Å². The molecule has 0 aliphatic carbocycles. The first-order valence-electron chi connectivity index (χ1n) is 10.8. The summed E-state index contributed by atoms with van der Waals surface area (Å²) < 4.78 is 18.4. The number of ether oxygens (including phenoxy) is 1. The zero-order valence-corrected chi connectivity index (χ0v) is 18.3. The quantitative estimate of drug-likeness (QED) is 0.587. The molecule has 0 saturated carbocycles. The third-order valence-corrected chi connectivity index (χ3v) is 5.79. The molecule has 1 saturated heterocycles. The van der Waals surface area contributed by atoms with E-state index in [4.69, 9.17) is 9.73 Å². The number of nitrogens with zero attached hydrogens (tertiary/aromatic N) is 3. The van der Waals surface area contributed by atoms with Crippen LogP contribution in [0.4, 0.5) is 10.1 Å². The van der Waals surface area contributed by atoms with E-state index in [0.717, 1.165) is 16.8 Å². The van der Waals surface area contributed by atoms with Crippen LogP contribution in [0.25, 0.3) is 0 Å². The van der Waals surface area contributed by atoms with Gasteiger partial charge < -0.3 is 14.5 Å². The highest BCUT2D eigenvalue weighted by atomic mass is 19.1. The molecule has 0 unspecified atom stereocenters. The molecule has 2 aromatic rings. The molecule has 4 rings (SSSR count). The average Bonchev–Trinajstić information content (AvgIpc) is 2.79. The lowest BCUT2D eigenvalue weighted by molar-refractivity contribution is -0.153. The van der Waals surface area contributed by atoms with Crippen molar-refractivity contribution < 1.29 is 18.7 Å². The molecular formula is C24H27FN4O3. The van der Waals surface area contributed by atoms with Crippen molar-refractivity contribution in [1.82, 2.24) is 10.2 Å². The number of piperazine rings is 1. The molecule has 168 valence electrons. The summed E-state index contributed by atoms with van der Waals surface area (Å²) in [5, 5.41) is 2.82. The number of benzene rings is 2. The number of carbonyl (C=O) groups excluding carboxylic acids is 2. The summed E-state index contributed by atoms with van der Waals surface area (Å²) >= 11 is 0. The van der Waals surface area contributed by atoms with Crippen LogP contribution in [0.2, 0.25) is 0 Å². The molecule has 32 heavy (non-hydrogen) atoms. The lowest BCUT2D eigenvalue weighted by Crippen LogP contribution is -2.57. The van der Waals surface area contributed by atoms with Gasteiger partial charge in [0.1, 0.15) is 11.9 Å². The lowest BCUT2D eigenvalue weighted by Gasteiger charge is -2.39. The summed E-state index contributed by atoms with van der Waals surface area (Å²) in [5.41, 5.74) is 2.79. The van der Waals surface area contributed by atoms with E-state index >= 15 is 0 Å². The Morgan fingerprint density at radius 2 is 1.81 bits per heavy atom.